The van der Waals surface area contributed by atoms with Crippen LogP contribution in [0.3, 0.4) is 0 Å². The van der Waals surface area contributed by atoms with Gasteiger partial charge < -0.3 is 20.4 Å². The summed E-state index contributed by atoms with van der Waals surface area (Å²) in [5.41, 5.74) is 4.22. The predicted octanol–water partition coefficient (Wildman–Crippen LogP) is 4.13. The molecule has 0 unspecified atom stereocenters. The van der Waals surface area contributed by atoms with Gasteiger partial charge in [-0.15, -0.1) is 0 Å². The topological polar surface area (TPSA) is 77.6 Å². The minimum Gasteiger partial charge on any atom is -0.356 e. The summed E-state index contributed by atoms with van der Waals surface area (Å²) in [6.45, 7) is 7.97. The maximum absolute atomic E-state index is 13.4. The number of aromatic nitrogens is 1. The first-order chi connectivity index (χ1) is 17.3. The zero-order chi connectivity index (χ0) is 25.7. The van der Waals surface area contributed by atoms with E-state index in [2.05, 4.69) is 60.7 Å². The number of carbonyl (C=O) groups is 2. The number of piperazine rings is 1. The summed E-state index contributed by atoms with van der Waals surface area (Å²) in [7, 11) is 1.83. The molecule has 2 N–H and O–H groups in total. The molecule has 188 valence electrons. The number of benzene rings is 2. The second kappa shape index (κ2) is 11.4. The number of rotatable bonds is 8. The zero-order valence-electron chi connectivity index (χ0n) is 21.4. The average molecular weight is 486 g/mol. The van der Waals surface area contributed by atoms with Crippen LogP contribution in [0.2, 0.25) is 0 Å². The number of likely N-dealkylation sites (N-methyl/N-ethyl adjacent to an activating group) is 1. The molecule has 0 radical (unpaired) electrons. The summed E-state index contributed by atoms with van der Waals surface area (Å²) in [6, 6.07) is 21.6. The molecule has 2 amide bonds. The number of carbonyl (C=O) groups excluding carboxylic acids is 2. The summed E-state index contributed by atoms with van der Waals surface area (Å²) in [6.07, 6.45) is 1.72. The van der Waals surface area contributed by atoms with Crippen molar-refractivity contribution in [3.05, 3.63) is 89.6 Å². The lowest BCUT2D eigenvalue weighted by Gasteiger charge is -2.39. The molecule has 0 aliphatic carbocycles. The Morgan fingerprint density at radius 3 is 2.44 bits per heavy atom. The van der Waals surface area contributed by atoms with E-state index in [1.54, 1.807) is 17.2 Å². The fourth-order valence-corrected chi connectivity index (χ4v) is 4.51. The highest BCUT2D eigenvalue weighted by Gasteiger charge is 2.27. The summed E-state index contributed by atoms with van der Waals surface area (Å²) in [5.74, 6) is 0.643. The van der Waals surface area contributed by atoms with Crippen LogP contribution >= 0.6 is 0 Å². The van der Waals surface area contributed by atoms with Gasteiger partial charge in [-0.25, -0.2) is 4.98 Å². The molecule has 7 heteroatoms. The highest BCUT2D eigenvalue weighted by Crippen LogP contribution is 2.23. The van der Waals surface area contributed by atoms with Gasteiger partial charge in [0.25, 0.3) is 0 Å². The number of amides is 2. The maximum Gasteiger partial charge on any atom is 0.247 e. The van der Waals surface area contributed by atoms with Gasteiger partial charge in [-0.1, -0.05) is 67.1 Å². The third-order valence-corrected chi connectivity index (χ3v) is 6.80. The van der Waals surface area contributed by atoms with E-state index in [1.807, 2.05) is 48.3 Å². The summed E-state index contributed by atoms with van der Waals surface area (Å²) in [5, 5.41) is 6.42. The molecule has 2 heterocycles. The lowest BCUT2D eigenvalue weighted by Crippen LogP contribution is -2.53. The molecule has 1 aliphatic heterocycles. The molecule has 2 aromatic carbocycles. The zero-order valence-corrected chi connectivity index (χ0v) is 21.4. The molecule has 7 nitrogen and oxygen atoms in total. The molecule has 36 heavy (non-hydrogen) atoms. The molecule has 1 fully saturated rings. The van der Waals surface area contributed by atoms with Gasteiger partial charge in [0.05, 0.1) is 18.4 Å². The van der Waals surface area contributed by atoms with Gasteiger partial charge in [0.2, 0.25) is 11.8 Å². The first kappa shape index (κ1) is 25.4. The molecule has 1 aromatic heterocycles. The maximum atomic E-state index is 13.4. The van der Waals surface area contributed by atoms with Crippen molar-refractivity contribution in [3.8, 4) is 0 Å². The van der Waals surface area contributed by atoms with E-state index in [1.165, 1.54) is 11.1 Å². The van der Waals surface area contributed by atoms with Crippen LogP contribution in [0.4, 0.5) is 11.5 Å². The predicted molar refractivity (Wildman–Crippen MR) is 144 cm³/mol. The Morgan fingerprint density at radius 1 is 1.06 bits per heavy atom. The summed E-state index contributed by atoms with van der Waals surface area (Å²) < 4.78 is 0. The van der Waals surface area contributed by atoms with Gasteiger partial charge in [0.15, 0.2) is 0 Å². The highest BCUT2D eigenvalue weighted by molar-refractivity contribution is 5.95. The average Bonchev–Trinajstić information content (AvgIpc) is 2.88. The van der Waals surface area contributed by atoms with Crippen molar-refractivity contribution >= 4 is 23.3 Å². The Labute approximate surface area is 213 Å². The second-order valence-electron chi connectivity index (χ2n) is 9.71. The molecule has 3 atom stereocenters. The van der Waals surface area contributed by atoms with E-state index in [9.17, 15) is 9.59 Å². The number of hydrogen-bond acceptors (Lipinski definition) is 5. The van der Waals surface area contributed by atoms with Crippen molar-refractivity contribution < 1.29 is 9.59 Å². The number of aryl methyl sites for hydroxylation is 1. The van der Waals surface area contributed by atoms with Crippen LogP contribution in [0.25, 0.3) is 0 Å². The van der Waals surface area contributed by atoms with Gasteiger partial charge in [-0.2, -0.15) is 0 Å². The normalized spacial score (nSPS) is 17.6. The van der Waals surface area contributed by atoms with Crippen LogP contribution in [0, 0.1) is 6.92 Å². The van der Waals surface area contributed by atoms with Crippen LogP contribution in [-0.2, 0) is 9.59 Å². The Hall–Kier alpha value is -3.71. The molecular formula is C29H35N5O2. The quantitative estimate of drug-likeness (QED) is 0.502. The van der Waals surface area contributed by atoms with Crippen molar-refractivity contribution in [2.45, 2.75) is 38.8 Å². The van der Waals surface area contributed by atoms with E-state index >= 15 is 0 Å². The Kier molecular flexibility index (Phi) is 8.00. The van der Waals surface area contributed by atoms with Crippen LogP contribution in [-0.4, -0.2) is 54.4 Å². The smallest absolute Gasteiger partial charge is 0.247 e. The molecule has 0 spiro atoms. The SMILES string of the molecule is Cc1ccc([C@H](C)CN[C@@H](C(=O)Nc2ccc(N3CC(=O)N(C)C[C@@H]3C)cn2)c2ccccc2)cc1. The van der Waals surface area contributed by atoms with Crippen LogP contribution < -0.4 is 15.5 Å². The van der Waals surface area contributed by atoms with Crippen molar-refractivity contribution in [1.29, 1.82) is 0 Å². The third kappa shape index (κ3) is 6.10. The third-order valence-electron chi connectivity index (χ3n) is 6.80. The Balaban J connectivity index is 1.44. The number of nitrogens with zero attached hydrogens (tertiary/aromatic N) is 3. The van der Waals surface area contributed by atoms with E-state index in [-0.39, 0.29) is 23.8 Å². The van der Waals surface area contributed by atoms with Gasteiger partial charge in [-0.05, 0) is 43.0 Å². The molecule has 4 rings (SSSR count). The lowest BCUT2D eigenvalue weighted by molar-refractivity contribution is -0.130. The Bertz CT molecular complexity index is 1160. The fraction of sp³-hybridized carbons (Fsp3) is 0.345. The molecule has 1 aliphatic rings. The Morgan fingerprint density at radius 2 is 1.78 bits per heavy atom. The number of anilines is 2. The first-order valence-corrected chi connectivity index (χ1v) is 12.4. The molecular weight excluding hydrogens is 450 g/mol. The number of pyridine rings is 1. The number of hydrogen-bond donors (Lipinski definition) is 2. The molecule has 0 saturated carbocycles. The minimum absolute atomic E-state index is 0.0853. The van der Waals surface area contributed by atoms with Gasteiger partial charge >= 0.3 is 0 Å². The molecule has 3 aromatic rings. The largest absolute Gasteiger partial charge is 0.356 e. The van der Waals surface area contributed by atoms with E-state index < -0.39 is 6.04 Å². The van der Waals surface area contributed by atoms with Gasteiger partial charge in [-0.3, -0.25) is 9.59 Å². The molecule has 0 bridgehead atoms. The van der Waals surface area contributed by atoms with Crippen LogP contribution in [0.15, 0.2) is 72.9 Å². The fourth-order valence-electron chi connectivity index (χ4n) is 4.51. The second-order valence-corrected chi connectivity index (χ2v) is 9.71. The number of nitrogens with one attached hydrogen (secondary N) is 2. The minimum atomic E-state index is -0.518. The first-order valence-electron chi connectivity index (χ1n) is 12.4. The van der Waals surface area contributed by atoms with E-state index in [0.29, 0.717) is 25.5 Å². The van der Waals surface area contributed by atoms with Gasteiger partial charge in [0.1, 0.15) is 11.9 Å². The summed E-state index contributed by atoms with van der Waals surface area (Å²) in [4.78, 5) is 33.8. The summed E-state index contributed by atoms with van der Waals surface area (Å²) >= 11 is 0. The van der Waals surface area contributed by atoms with Crippen molar-refractivity contribution in [3.63, 3.8) is 0 Å². The van der Waals surface area contributed by atoms with Crippen LogP contribution in [0.5, 0.6) is 0 Å². The monoisotopic (exact) mass is 485 g/mol. The highest BCUT2D eigenvalue weighted by atomic mass is 16.2. The van der Waals surface area contributed by atoms with Crippen LogP contribution in [0.1, 0.15) is 42.5 Å². The van der Waals surface area contributed by atoms with E-state index in [0.717, 1.165) is 11.3 Å². The van der Waals surface area contributed by atoms with Crippen molar-refractivity contribution in [1.82, 2.24) is 15.2 Å². The van der Waals surface area contributed by atoms with Gasteiger partial charge in [0, 0.05) is 26.2 Å². The molecule has 1 saturated heterocycles. The standard InChI is InChI=1S/C29H35N5O2/c1-20-10-12-23(13-11-20)21(2)16-31-28(24-8-6-5-7-9-24)29(36)32-26-15-14-25(17-30-26)34-19-27(35)33(4)18-22(34)3/h5-15,17,21-22,28,31H,16,18-19H2,1-4H3,(H,30,32,36)/t21-,22+,28-/m1/s1. The van der Waals surface area contributed by atoms with Crippen molar-refractivity contribution in [2.24, 2.45) is 0 Å². The van der Waals surface area contributed by atoms with Crippen molar-refractivity contribution in [2.75, 3.05) is 36.9 Å². The lowest BCUT2D eigenvalue weighted by atomic mass is 9.98. The van der Waals surface area contributed by atoms with E-state index in [4.69, 9.17) is 0 Å².